The third-order valence-electron chi connectivity index (χ3n) is 6.04. The highest BCUT2D eigenvalue weighted by Gasteiger charge is 2.52. The van der Waals surface area contributed by atoms with Gasteiger partial charge in [-0.2, -0.15) is 0 Å². The van der Waals surface area contributed by atoms with E-state index in [0.29, 0.717) is 19.4 Å². The summed E-state index contributed by atoms with van der Waals surface area (Å²) in [6.07, 6.45) is 2.40. The first kappa shape index (κ1) is 24.0. The molecule has 2 N–H and O–H groups in total. The van der Waals surface area contributed by atoms with E-state index in [-0.39, 0.29) is 46.9 Å². The average molecular weight is 486 g/mol. The first-order valence-electron chi connectivity index (χ1n) is 9.67. The molecule has 1 saturated carbocycles. The fourth-order valence-corrected chi connectivity index (χ4v) is 4.54. The lowest BCUT2D eigenvalue weighted by Crippen LogP contribution is -2.61. The highest BCUT2D eigenvalue weighted by molar-refractivity contribution is 6.30. The standard InChI is InChI=1S/C21H21ClFN3O5.ClH/c1-25-10-21(6-12(7-21)31-2)26-9-13(17(27)18(28)16(26)20(25)30)19(29)24-8-11-4-3-5-14(22)15(11)23;/h3-5,9,12,28H,6-8,10H2,1-2H3,(H,24,29);1H/t12-,21-;. The number of hydrogen-bond donors (Lipinski definition) is 2. The van der Waals surface area contributed by atoms with Crippen molar-refractivity contribution >= 4 is 35.8 Å². The zero-order valence-electron chi connectivity index (χ0n) is 17.4. The summed E-state index contributed by atoms with van der Waals surface area (Å²) in [7, 11) is 3.19. The number of nitrogens with one attached hydrogen (secondary N) is 1. The number of aromatic hydroxyl groups is 1. The van der Waals surface area contributed by atoms with Gasteiger partial charge in [-0.15, -0.1) is 12.4 Å². The number of likely N-dealkylation sites (N-methyl/N-ethyl adjacent to an activating group) is 1. The number of fused-ring (bicyclic) bond motifs is 2. The second-order valence-electron chi connectivity index (χ2n) is 7.99. The first-order valence-corrected chi connectivity index (χ1v) is 10.0. The number of nitrogens with zero attached hydrogens (tertiary/aromatic N) is 2. The Hall–Kier alpha value is -2.62. The molecule has 1 aromatic heterocycles. The Morgan fingerprint density at radius 3 is 2.72 bits per heavy atom. The maximum absolute atomic E-state index is 14.1. The fourth-order valence-electron chi connectivity index (χ4n) is 4.35. The van der Waals surface area contributed by atoms with Crippen molar-refractivity contribution in [2.75, 3.05) is 20.7 Å². The number of ether oxygens (including phenoxy) is 1. The van der Waals surface area contributed by atoms with Gasteiger partial charge in [0.05, 0.1) is 16.7 Å². The Kier molecular flexibility index (Phi) is 6.55. The summed E-state index contributed by atoms with van der Waals surface area (Å²) in [6.45, 7) is 0.154. The van der Waals surface area contributed by atoms with Crippen LogP contribution in [0, 0.1) is 5.82 Å². The van der Waals surface area contributed by atoms with Crippen LogP contribution < -0.4 is 10.7 Å². The van der Waals surface area contributed by atoms with E-state index in [9.17, 15) is 23.9 Å². The number of hydrogen-bond acceptors (Lipinski definition) is 5. The monoisotopic (exact) mass is 485 g/mol. The number of rotatable bonds is 4. The zero-order chi connectivity index (χ0) is 22.5. The van der Waals surface area contributed by atoms with Crippen molar-refractivity contribution < 1.29 is 23.8 Å². The van der Waals surface area contributed by atoms with Gasteiger partial charge in [-0.3, -0.25) is 14.4 Å². The van der Waals surface area contributed by atoms with Crippen molar-refractivity contribution in [3.63, 3.8) is 0 Å². The maximum Gasteiger partial charge on any atom is 0.274 e. The van der Waals surface area contributed by atoms with Gasteiger partial charge in [0.25, 0.3) is 11.8 Å². The van der Waals surface area contributed by atoms with Crippen molar-refractivity contribution in [3.05, 3.63) is 62.3 Å². The van der Waals surface area contributed by atoms with Crippen LogP contribution in [0.4, 0.5) is 4.39 Å². The third-order valence-corrected chi connectivity index (χ3v) is 6.33. The van der Waals surface area contributed by atoms with Gasteiger partial charge < -0.3 is 24.6 Å². The summed E-state index contributed by atoms with van der Waals surface area (Å²) in [5, 5.41) is 12.9. The molecule has 32 heavy (non-hydrogen) atoms. The van der Waals surface area contributed by atoms with E-state index in [1.165, 1.54) is 27.8 Å². The van der Waals surface area contributed by atoms with Crippen LogP contribution in [0.15, 0.2) is 29.2 Å². The number of carbonyl (C=O) groups excluding carboxylic acids is 2. The average Bonchev–Trinajstić information content (AvgIpc) is 2.71. The van der Waals surface area contributed by atoms with Crippen LogP contribution in [0.1, 0.15) is 39.3 Å². The fraction of sp³-hybridized carbons (Fsp3) is 0.381. The molecule has 0 unspecified atom stereocenters. The minimum atomic E-state index is -0.961. The van der Waals surface area contributed by atoms with Crippen LogP contribution in [0.5, 0.6) is 5.75 Å². The number of methoxy groups -OCH3 is 1. The Morgan fingerprint density at radius 2 is 2.06 bits per heavy atom. The lowest BCUT2D eigenvalue weighted by molar-refractivity contribution is -0.0673. The Bertz CT molecular complexity index is 1150. The number of benzene rings is 1. The van der Waals surface area contributed by atoms with Crippen molar-refractivity contribution in [2.45, 2.75) is 31.0 Å². The number of halogens is 3. The van der Waals surface area contributed by atoms with E-state index in [2.05, 4.69) is 5.32 Å². The minimum Gasteiger partial charge on any atom is -0.503 e. The van der Waals surface area contributed by atoms with E-state index < -0.39 is 34.3 Å². The molecule has 8 nitrogen and oxygen atoms in total. The zero-order valence-corrected chi connectivity index (χ0v) is 18.9. The molecule has 4 rings (SSSR count). The van der Waals surface area contributed by atoms with Gasteiger partial charge in [0, 0.05) is 39.0 Å². The van der Waals surface area contributed by atoms with Crippen molar-refractivity contribution in [1.29, 1.82) is 0 Å². The van der Waals surface area contributed by atoms with Gasteiger partial charge >= 0.3 is 0 Å². The Morgan fingerprint density at radius 1 is 1.38 bits per heavy atom. The van der Waals surface area contributed by atoms with Crippen LogP contribution in [-0.4, -0.2) is 53.2 Å². The number of carbonyl (C=O) groups is 2. The van der Waals surface area contributed by atoms with E-state index in [4.69, 9.17) is 16.3 Å². The molecule has 0 saturated heterocycles. The molecular weight excluding hydrogens is 464 g/mol. The molecule has 11 heteroatoms. The van der Waals surface area contributed by atoms with E-state index in [0.717, 1.165) is 0 Å². The van der Waals surface area contributed by atoms with Crippen molar-refractivity contribution in [2.24, 2.45) is 0 Å². The highest BCUT2D eigenvalue weighted by atomic mass is 35.5. The van der Waals surface area contributed by atoms with Crippen LogP contribution in [0.3, 0.4) is 0 Å². The minimum absolute atomic E-state index is 0. The molecular formula is C21H22Cl2FN3O5. The smallest absolute Gasteiger partial charge is 0.274 e. The molecule has 2 aromatic rings. The number of pyridine rings is 1. The molecule has 2 amide bonds. The number of amides is 2. The molecule has 0 atom stereocenters. The van der Waals surface area contributed by atoms with Crippen LogP contribution >= 0.6 is 24.0 Å². The summed E-state index contributed by atoms with van der Waals surface area (Å²) in [5.74, 6) is -2.74. The summed E-state index contributed by atoms with van der Waals surface area (Å²) >= 11 is 5.75. The van der Waals surface area contributed by atoms with E-state index in [1.54, 1.807) is 20.2 Å². The maximum atomic E-state index is 14.1. The molecule has 2 aliphatic rings. The second-order valence-corrected chi connectivity index (χ2v) is 8.39. The van der Waals surface area contributed by atoms with Gasteiger partial charge in [-0.25, -0.2) is 4.39 Å². The molecule has 0 bridgehead atoms. The Labute approximate surface area is 194 Å². The molecule has 172 valence electrons. The number of aromatic nitrogens is 1. The quantitative estimate of drug-likeness (QED) is 0.691. The van der Waals surface area contributed by atoms with Crippen molar-refractivity contribution in [1.82, 2.24) is 14.8 Å². The first-order chi connectivity index (χ1) is 14.7. The van der Waals surface area contributed by atoms with E-state index in [1.807, 2.05) is 0 Å². The largest absolute Gasteiger partial charge is 0.503 e. The van der Waals surface area contributed by atoms with Gasteiger partial charge in [-0.05, 0) is 18.9 Å². The second kappa shape index (κ2) is 8.73. The normalized spacial score (nSPS) is 21.6. The molecule has 1 spiro atoms. The predicted molar refractivity (Wildman–Crippen MR) is 117 cm³/mol. The van der Waals surface area contributed by atoms with Crippen molar-refractivity contribution in [3.8, 4) is 5.75 Å². The van der Waals surface area contributed by atoms with Gasteiger partial charge in [0.1, 0.15) is 11.4 Å². The SMILES string of the molecule is CO[C@H]1C[C@@]2(CN(C)C(=O)c3c(O)c(=O)c(C(=O)NCc4cccc(Cl)c4F)cn32)C1.Cl. The molecule has 1 aliphatic carbocycles. The van der Waals surface area contributed by atoms with Crippen LogP contribution in [0.25, 0.3) is 0 Å². The predicted octanol–water partition coefficient (Wildman–Crippen LogP) is 2.29. The highest BCUT2D eigenvalue weighted by Crippen LogP contribution is 2.45. The van der Waals surface area contributed by atoms with Crippen LogP contribution in [0.2, 0.25) is 5.02 Å². The van der Waals surface area contributed by atoms with Gasteiger partial charge in [-0.1, -0.05) is 23.7 Å². The van der Waals surface area contributed by atoms with Crippen LogP contribution in [-0.2, 0) is 16.8 Å². The lowest BCUT2D eigenvalue weighted by Gasteiger charge is -2.53. The third kappa shape index (κ3) is 3.74. The summed E-state index contributed by atoms with van der Waals surface area (Å²) in [5.41, 5.74) is -1.88. The molecule has 2 heterocycles. The molecule has 1 fully saturated rings. The summed E-state index contributed by atoms with van der Waals surface area (Å²) < 4.78 is 21.0. The van der Waals surface area contributed by atoms with Gasteiger partial charge in [0.2, 0.25) is 5.43 Å². The lowest BCUT2D eigenvalue weighted by atomic mass is 9.72. The molecule has 0 radical (unpaired) electrons. The summed E-state index contributed by atoms with van der Waals surface area (Å²) in [6, 6.07) is 4.39. The molecule has 1 aliphatic heterocycles. The topological polar surface area (TPSA) is 101 Å². The van der Waals surface area contributed by atoms with Gasteiger partial charge in [0.15, 0.2) is 11.4 Å². The molecule has 1 aromatic carbocycles. The summed E-state index contributed by atoms with van der Waals surface area (Å²) in [4.78, 5) is 39.5. The Balaban J connectivity index is 0.00000289. The van der Waals surface area contributed by atoms with E-state index >= 15 is 0 Å².